The first kappa shape index (κ1) is 4.43. The maximum Gasteiger partial charge on any atom is 0.185 e. The molecule has 0 unspecified atom stereocenters. The Morgan fingerprint density at radius 2 is 2.56 bits per heavy atom. The Morgan fingerprint density at radius 1 is 1.56 bits per heavy atom. The van der Waals surface area contributed by atoms with E-state index < -0.39 is 0 Å². The van der Waals surface area contributed by atoms with Gasteiger partial charge in [0.2, 0.25) is 0 Å². The summed E-state index contributed by atoms with van der Waals surface area (Å²) in [5.41, 5.74) is 0.650. The van der Waals surface area contributed by atoms with Crippen molar-refractivity contribution >= 4 is 5.65 Å². The van der Waals surface area contributed by atoms with E-state index >= 15 is 0 Å². The number of rotatable bonds is 0. The lowest BCUT2D eigenvalue weighted by atomic mass is 10.6. The molecule has 0 atom stereocenters. The molecular formula is C5H3N4. The molecule has 0 N–H and O–H groups in total. The van der Waals surface area contributed by atoms with Gasteiger partial charge in [0, 0.05) is 12.3 Å². The summed E-state index contributed by atoms with van der Waals surface area (Å²) in [4.78, 5) is 0. The van der Waals surface area contributed by atoms with E-state index in [2.05, 4.69) is 21.4 Å². The van der Waals surface area contributed by atoms with Gasteiger partial charge >= 0.3 is 0 Å². The highest BCUT2D eigenvalue weighted by atomic mass is 15.3. The topological polar surface area (TPSA) is 43.1 Å². The molecular weight excluding hydrogens is 116 g/mol. The predicted molar refractivity (Wildman–Crippen MR) is 29.6 cm³/mol. The first-order valence-electron chi connectivity index (χ1n) is 2.49. The van der Waals surface area contributed by atoms with Crippen molar-refractivity contribution in [2.75, 3.05) is 0 Å². The van der Waals surface area contributed by atoms with Gasteiger partial charge in [-0.2, -0.15) is 9.61 Å². The Balaban J connectivity index is 2.95. The third-order valence-electron chi connectivity index (χ3n) is 1.01. The first-order chi connectivity index (χ1) is 4.47. The molecule has 0 aliphatic heterocycles. The van der Waals surface area contributed by atoms with E-state index in [1.165, 1.54) is 6.33 Å². The fourth-order valence-electron chi connectivity index (χ4n) is 0.626. The van der Waals surface area contributed by atoms with Crippen molar-refractivity contribution in [3.63, 3.8) is 0 Å². The molecule has 0 bridgehead atoms. The van der Waals surface area contributed by atoms with Crippen molar-refractivity contribution in [1.82, 2.24) is 19.8 Å². The standard InChI is InChI=1S/C5H3N4/c1-2-5-8-6-4-9(5)7-3-1/h1,3-4H. The molecule has 9 heavy (non-hydrogen) atoms. The number of hydrogen-bond acceptors (Lipinski definition) is 3. The second kappa shape index (κ2) is 1.51. The molecule has 2 aromatic rings. The van der Waals surface area contributed by atoms with Gasteiger partial charge in [0.15, 0.2) is 5.65 Å². The predicted octanol–water partition coefficient (Wildman–Crippen LogP) is -0.0755. The molecule has 0 saturated carbocycles. The summed E-state index contributed by atoms with van der Waals surface area (Å²) in [6.45, 7) is 0. The van der Waals surface area contributed by atoms with E-state index in [-0.39, 0.29) is 0 Å². The molecule has 2 aromatic heterocycles. The Labute approximate surface area is 51.1 Å². The van der Waals surface area contributed by atoms with Gasteiger partial charge in [-0.1, -0.05) is 0 Å². The van der Waals surface area contributed by atoms with Crippen LogP contribution in [0.15, 0.2) is 18.6 Å². The molecule has 2 heterocycles. The summed E-state index contributed by atoms with van der Waals surface area (Å²) in [6.07, 6.45) is 3.17. The molecule has 0 aliphatic rings. The van der Waals surface area contributed by atoms with Crippen LogP contribution in [0, 0.1) is 6.07 Å². The van der Waals surface area contributed by atoms with Gasteiger partial charge in [0.1, 0.15) is 6.33 Å². The van der Waals surface area contributed by atoms with Crippen LogP contribution in [-0.2, 0) is 0 Å². The number of fused-ring (bicyclic) bond motifs is 1. The SMILES string of the molecule is [c]1ccnn2cnnc12. The van der Waals surface area contributed by atoms with Crippen molar-refractivity contribution in [3.05, 3.63) is 24.7 Å². The highest BCUT2D eigenvalue weighted by Crippen LogP contribution is 1.89. The number of hydrogen-bond donors (Lipinski definition) is 0. The average molecular weight is 119 g/mol. The lowest BCUT2D eigenvalue weighted by molar-refractivity contribution is 0.925. The number of aromatic nitrogens is 4. The van der Waals surface area contributed by atoms with Gasteiger partial charge in [-0.05, 0) is 6.07 Å². The fourth-order valence-corrected chi connectivity index (χ4v) is 0.626. The summed E-state index contributed by atoms with van der Waals surface area (Å²) >= 11 is 0. The zero-order valence-electron chi connectivity index (χ0n) is 4.52. The van der Waals surface area contributed by atoms with Crippen molar-refractivity contribution in [3.8, 4) is 0 Å². The van der Waals surface area contributed by atoms with Gasteiger partial charge in [0.05, 0.1) is 0 Å². The van der Waals surface area contributed by atoms with Crippen molar-refractivity contribution < 1.29 is 0 Å². The molecule has 0 spiro atoms. The largest absolute Gasteiger partial charge is 0.200 e. The van der Waals surface area contributed by atoms with E-state index in [1.807, 2.05) is 0 Å². The Morgan fingerprint density at radius 3 is 3.44 bits per heavy atom. The third-order valence-corrected chi connectivity index (χ3v) is 1.01. The Hall–Kier alpha value is -1.45. The number of nitrogens with zero attached hydrogens (tertiary/aromatic N) is 4. The highest BCUT2D eigenvalue weighted by molar-refractivity contribution is 5.30. The van der Waals surface area contributed by atoms with Crippen LogP contribution in [0.4, 0.5) is 0 Å². The van der Waals surface area contributed by atoms with Gasteiger partial charge < -0.3 is 0 Å². The zero-order chi connectivity index (χ0) is 6.10. The summed E-state index contributed by atoms with van der Waals surface area (Å²) in [6, 6.07) is 4.56. The van der Waals surface area contributed by atoms with Crippen LogP contribution >= 0.6 is 0 Å². The zero-order valence-corrected chi connectivity index (χ0v) is 4.52. The lowest BCUT2D eigenvalue weighted by Crippen LogP contribution is -1.86. The second-order valence-corrected chi connectivity index (χ2v) is 1.57. The van der Waals surface area contributed by atoms with Crippen LogP contribution in [0.3, 0.4) is 0 Å². The normalized spacial score (nSPS) is 10.2. The molecule has 0 amide bonds. The maximum atomic E-state index is 3.90. The monoisotopic (exact) mass is 119 g/mol. The van der Waals surface area contributed by atoms with Crippen LogP contribution in [0.2, 0.25) is 0 Å². The summed E-state index contributed by atoms with van der Waals surface area (Å²) in [5.74, 6) is 0. The van der Waals surface area contributed by atoms with Crippen molar-refractivity contribution in [2.24, 2.45) is 0 Å². The van der Waals surface area contributed by atoms with Crippen molar-refractivity contribution in [2.45, 2.75) is 0 Å². The van der Waals surface area contributed by atoms with Crippen LogP contribution in [-0.4, -0.2) is 19.8 Å². The van der Waals surface area contributed by atoms with Gasteiger partial charge in [-0.3, -0.25) is 0 Å². The van der Waals surface area contributed by atoms with Gasteiger partial charge in [0.25, 0.3) is 0 Å². The molecule has 0 aromatic carbocycles. The highest BCUT2D eigenvalue weighted by Gasteiger charge is 1.89. The third kappa shape index (κ3) is 0.561. The van der Waals surface area contributed by atoms with E-state index in [0.717, 1.165) is 0 Å². The fraction of sp³-hybridized carbons (Fsp3) is 0. The molecule has 4 nitrogen and oxygen atoms in total. The first-order valence-corrected chi connectivity index (χ1v) is 2.49. The second-order valence-electron chi connectivity index (χ2n) is 1.57. The quantitative estimate of drug-likeness (QED) is 0.487. The molecule has 1 radical (unpaired) electrons. The average Bonchev–Trinajstić information content (AvgIpc) is 2.33. The molecule has 0 aliphatic carbocycles. The summed E-state index contributed by atoms with van der Waals surface area (Å²) < 4.78 is 1.56. The summed E-state index contributed by atoms with van der Waals surface area (Å²) in [5, 5.41) is 11.2. The van der Waals surface area contributed by atoms with Gasteiger partial charge in [-0.15, -0.1) is 10.2 Å². The van der Waals surface area contributed by atoms with Gasteiger partial charge in [-0.25, -0.2) is 0 Å². The van der Waals surface area contributed by atoms with E-state index in [0.29, 0.717) is 5.65 Å². The smallest absolute Gasteiger partial charge is 0.185 e. The molecule has 0 saturated heterocycles. The van der Waals surface area contributed by atoms with Crippen molar-refractivity contribution in [1.29, 1.82) is 0 Å². The van der Waals surface area contributed by atoms with Crippen LogP contribution in [0.5, 0.6) is 0 Å². The van der Waals surface area contributed by atoms with Crippen LogP contribution in [0.1, 0.15) is 0 Å². The Kier molecular flexibility index (Phi) is 0.745. The van der Waals surface area contributed by atoms with E-state index in [1.54, 1.807) is 16.8 Å². The Bertz CT molecular complexity index is 283. The van der Waals surface area contributed by atoms with Crippen LogP contribution in [0.25, 0.3) is 5.65 Å². The molecule has 0 fully saturated rings. The minimum absolute atomic E-state index is 0.650. The maximum absolute atomic E-state index is 3.90. The summed E-state index contributed by atoms with van der Waals surface area (Å²) in [7, 11) is 0. The van der Waals surface area contributed by atoms with Crippen LogP contribution < -0.4 is 0 Å². The lowest BCUT2D eigenvalue weighted by Gasteiger charge is -1.82. The minimum atomic E-state index is 0.650. The molecule has 43 valence electrons. The minimum Gasteiger partial charge on any atom is -0.200 e. The molecule has 4 heteroatoms. The van der Waals surface area contributed by atoms with E-state index in [4.69, 9.17) is 0 Å². The molecule has 2 rings (SSSR count). The van der Waals surface area contributed by atoms with E-state index in [9.17, 15) is 0 Å².